The summed E-state index contributed by atoms with van der Waals surface area (Å²) in [7, 11) is -2.01. The minimum atomic E-state index is -3.57. The third kappa shape index (κ3) is 5.08. The summed E-state index contributed by atoms with van der Waals surface area (Å²) >= 11 is 0. The highest BCUT2D eigenvalue weighted by molar-refractivity contribution is 7.89. The third-order valence-corrected chi connectivity index (χ3v) is 6.22. The summed E-state index contributed by atoms with van der Waals surface area (Å²) in [6.45, 7) is 0. The van der Waals surface area contributed by atoms with Crippen LogP contribution in [0.25, 0.3) is 0 Å². The van der Waals surface area contributed by atoms with E-state index in [9.17, 15) is 13.2 Å². The van der Waals surface area contributed by atoms with Gasteiger partial charge in [0.25, 0.3) is 5.91 Å². The summed E-state index contributed by atoms with van der Waals surface area (Å²) in [5.74, 6) is 0.329. The molecule has 0 spiro atoms. The highest BCUT2D eigenvalue weighted by Crippen LogP contribution is 2.21. The summed E-state index contributed by atoms with van der Waals surface area (Å²) in [4.78, 5) is 12.5. The Morgan fingerprint density at radius 3 is 2.41 bits per heavy atom. The van der Waals surface area contributed by atoms with E-state index in [0.717, 1.165) is 32.1 Å². The van der Waals surface area contributed by atoms with Crippen molar-refractivity contribution >= 4 is 21.6 Å². The molecule has 1 aliphatic carbocycles. The van der Waals surface area contributed by atoms with Gasteiger partial charge in [0.2, 0.25) is 10.0 Å². The van der Waals surface area contributed by atoms with Gasteiger partial charge in [-0.05, 0) is 49.2 Å². The van der Waals surface area contributed by atoms with E-state index in [1.165, 1.54) is 24.3 Å². The first-order valence-electron chi connectivity index (χ1n) is 9.06. The van der Waals surface area contributed by atoms with Crippen LogP contribution in [0.1, 0.15) is 42.5 Å². The number of methoxy groups -OCH3 is 1. The molecule has 0 bridgehead atoms. The molecule has 0 unspecified atom stereocenters. The van der Waals surface area contributed by atoms with Crippen molar-refractivity contribution in [2.45, 2.75) is 43.0 Å². The molecule has 1 aliphatic rings. The molecular formula is C20H24N2O4S. The number of nitrogens with one attached hydrogen (secondary N) is 2. The molecule has 0 aliphatic heterocycles. The number of ether oxygens (including phenoxy) is 1. The first-order chi connectivity index (χ1) is 13.0. The maximum absolute atomic E-state index is 12.5. The summed E-state index contributed by atoms with van der Waals surface area (Å²) in [6, 6.07) is 13.0. The second-order valence-corrected chi connectivity index (χ2v) is 8.38. The van der Waals surface area contributed by atoms with Gasteiger partial charge in [0.05, 0.1) is 12.0 Å². The Kier molecular flexibility index (Phi) is 6.13. The molecular weight excluding hydrogens is 364 g/mol. The zero-order valence-corrected chi connectivity index (χ0v) is 16.1. The highest BCUT2D eigenvalue weighted by Gasteiger charge is 2.22. The Balaban J connectivity index is 1.67. The molecule has 0 aromatic heterocycles. The van der Waals surface area contributed by atoms with Crippen molar-refractivity contribution in [2.24, 2.45) is 0 Å². The molecule has 0 heterocycles. The number of hydrogen-bond acceptors (Lipinski definition) is 4. The fraction of sp³-hybridized carbons (Fsp3) is 0.350. The fourth-order valence-corrected chi connectivity index (χ4v) is 4.50. The Morgan fingerprint density at radius 1 is 1.04 bits per heavy atom. The topological polar surface area (TPSA) is 84.5 Å². The lowest BCUT2D eigenvalue weighted by Gasteiger charge is -2.22. The smallest absolute Gasteiger partial charge is 0.255 e. The van der Waals surface area contributed by atoms with Crippen LogP contribution in [0.15, 0.2) is 53.4 Å². The summed E-state index contributed by atoms with van der Waals surface area (Å²) in [6.07, 6.45) is 5.02. The maximum Gasteiger partial charge on any atom is 0.255 e. The molecule has 1 saturated carbocycles. The van der Waals surface area contributed by atoms with Crippen LogP contribution < -0.4 is 14.8 Å². The van der Waals surface area contributed by atoms with Crippen LogP contribution in [0, 0.1) is 0 Å². The van der Waals surface area contributed by atoms with Gasteiger partial charge in [-0.3, -0.25) is 4.79 Å². The average molecular weight is 388 g/mol. The van der Waals surface area contributed by atoms with Gasteiger partial charge in [0.15, 0.2) is 0 Å². The maximum atomic E-state index is 12.5. The molecule has 1 amide bonds. The second-order valence-electron chi connectivity index (χ2n) is 6.67. The van der Waals surface area contributed by atoms with E-state index in [-0.39, 0.29) is 16.8 Å². The summed E-state index contributed by atoms with van der Waals surface area (Å²) in [5.41, 5.74) is 0.990. The quantitative estimate of drug-likeness (QED) is 0.792. The van der Waals surface area contributed by atoms with E-state index >= 15 is 0 Å². The van der Waals surface area contributed by atoms with Gasteiger partial charge in [-0.25, -0.2) is 13.1 Å². The lowest BCUT2D eigenvalue weighted by atomic mass is 9.96. The van der Waals surface area contributed by atoms with Gasteiger partial charge in [0.1, 0.15) is 5.75 Å². The molecule has 3 rings (SSSR count). The van der Waals surface area contributed by atoms with Gasteiger partial charge >= 0.3 is 0 Å². The van der Waals surface area contributed by atoms with Crippen LogP contribution in [-0.2, 0) is 10.0 Å². The molecule has 0 saturated heterocycles. The number of carbonyl (C=O) groups excluding carboxylic acids is 1. The van der Waals surface area contributed by atoms with Crippen molar-refractivity contribution < 1.29 is 17.9 Å². The Hall–Kier alpha value is -2.38. The lowest BCUT2D eigenvalue weighted by molar-refractivity contribution is 0.102. The van der Waals surface area contributed by atoms with Gasteiger partial charge < -0.3 is 10.1 Å². The Bertz CT molecular complexity index is 888. The average Bonchev–Trinajstić information content (AvgIpc) is 2.68. The molecule has 144 valence electrons. The number of amides is 1. The predicted octanol–water partition coefficient (Wildman–Crippen LogP) is 3.56. The lowest BCUT2D eigenvalue weighted by Crippen LogP contribution is -2.36. The van der Waals surface area contributed by atoms with Crippen LogP contribution in [0.5, 0.6) is 5.75 Å². The molecule has 0 radical (unpaired) electrons. The van der Waals surface area contributed by atoms with Crippen LogP contribution in [-0.4, -0.2) is 27.5 Å². The molecule has 2 aromatic carbocycles. The fourth-order valence-electron chi connectivity index (χ4n) is 3.20. The first-order valence-corrected chi connectivity index (χ1v) is 10.5. The van der Waals surface area contributed by atoms with E-state index in [1.807, 2.05) is 0 Å². The minimum absolute atomic E-state index is 0.000198. The van der Waals surface area contributed by atoms with Crippen molar-refractivity contribution in [3.63, 3.8) is 0 Å². The van der Waals surface area contributed by atoms with Gasteiger partial charge in [-0.2, -0.15) is 0 Å². The monoisotopic (exact) mass is 388 g/mol. The van der Waals surface area contributed by atoms with Crippen molar-refractivity contribution in [2.75, 3.05) is 12.4 Å². The number of anilines is 1. The van der Waals surface area contributed by atoms with E-state index in [4.69, 9.17) is 4.74 Å². The first kappa shape index (κ1) is 19.4. The predicted molar refractivity (Wildman–Crippen MR) is 105 cm³/mol. The molecule has 7 heteroatoms. The number of carbonyl (C=O) groups is 1. The van der Waals surface area contributed by atoms with E-state index in [1.54, 1.807) is 31.4 Å². The number of hydrogen-bond donors (Lipinski definition) is 2. The highest BCUT2D eigenvalue weighted by atomic mass is 32.2. The molecule has 0 atom stereocenters. The second kappa shape index (κ2) is 8.54. The molecule has 1 fully saturated rings. The van der Waals surface area contributed by atoms with Crippen LogP contribution in [0.3, 0.4) is 0 Å². The third-order valence-electron chi connectivity index (χ3n) is 4.68. The van der Waals surface area contributed by atoms with Gasteiger partial charge in [0, 0.05) is 23.4 Å². The normalized spacial score (nSPS) is 15.3. The largest absolute Gasteiger partial charge is 0.497 e. The minimum Gasteiger partial charge on any atom is -0.497 e. The number of sulfonamides is 1. The summed E-state index contributed by atoms with van der Waals surface area (Å²) < 4.78 is 32.9. The summed E-state index contributed by atoms with van der Waals surface area (Å²) in [5, 5.41) is 2.77. The number of benzene rings is 2. The van der Waals surface area contributed by atoms with Gasteiger partial charge in [-0.15, -0.1) is 0 Å². The zero-order chi connectivity index (χ0) is 19.3. The van der Waals surface area contributed by atoms with Crippen LogP contribution in [0.4, 0.5) is 5.69 Å². The standard InChI is InChI=1S/C20H24N2O4S/c1-26-18-9-5-8-17(14-18)21-20(23)15-10-12-19(13-11-15)27(24,25)22-16-6-3-2-4-7-16/h5,8-14,16,22H,2-4,6-7H2,1H3,(H,21,23). The van der Waals surface area contributed by atoms with E-state index < -0.39 is 10.0 Å². The van der Waals surface area contributed by atoms with Crippen molar-refractivity contribution in [3.05, 3.63) is 54.1 Å². The van der Waals surface area contributed by atoms with Crippen molar-refractivity contribution in [1.82, 2.24) is 4.72 Å². The van der Waals surface area contributed by atoms with E-state index in [0.29, 0.717) is 17.0 Å². The Morgan fingerprint density at radius 2 is 1.74 bits per heavy atom. The van der Waals surface area contributed by atoms with Crippen LogP contribution in [0.2, 0.25) is 0 Å². The molecule has 2 N–H and O–H groups in total. The van der Waals surface area contributed by atoms with Crippen LogP contribution >= 0.6 is 0 Å². The molecule has 6 nitrogen and oxygen atoms in total. The zero-order valence-electron chi connectivity index (χ0n) is 15.3. The van der Waals surface area contributed by atoms with Crippen molar-refractivity contribution in [1.29, 1.82) is 0 Å². The SMILES string of the molecule is COc1cccc(NC(=O)c2ccc(S(=O)(=O)NC3CCCCC3)cc2)c1. The van der Waals surface area contributed by atoms with Gasteiger partial charge in [-0.1, -0.05) is 25.3 Å². The molecule has 27 heavy (non-hydrogen) atoms. The van der Waals surface area contributed by atoms with E-state index in [2.05, 4.69) is 10.0 Å². The Labute approximate surface area is 160 Å². The van der Waals surface area contributed by atoms with Crippen molar-refractivity contribution in [3.8, 4) is 5.75 Å². The number of rotatable bonds is 6. The molecule has 2 aromatic rings.